The van der Waals surface area contributed by atoms with Gasteiger partial charge in [0.05, 0.1) is 17.7 Å². The van der Waals surface area contributed by atoms with E-state index in [4.69, 9.17) is 4.74 Å². The summed E-state index contributed by atoms with van der Waals surface area (Å²) in [6, 6.07) is 17.6. The van der Waals surface area contributed by atoms with Gasteiger partial charge >= 0.3 is 0 Å². The number of phenols is 1. The smallest absolute Gasteiger partial charge is 0.276 e. The molecule has 174 valence electrons. The maximum atomic E-state index is 13.6. The number of hydrogen-bond donors (Lipinski definition) is 3. The Morgan fingerprint density at radius 2 is 2.03 bits per heavy atom. The molecule has 0 aliphatic carbocycles. The Morgan fingerprint density at radius 1 is 1.24 bits per heavy atom. The van der Waals surface area contributed by atoms with Crippen molar-refractivity contribution in [1.29, 1.82) is 0 Å². The predicted molar refractivity (Wildman–Crippen MR) is 139 cm³/mol. The Balaban J connectivity index is 1.77. The van der Waals surface area contributed by atoms with Gasteiger partial charge in [-0.3, -0.25) is 15.0 Å². The minimum atomic E-state index is -0.840. The van der Waals surface area contributed by atoms with Crippen molar-refractivity contribution in [2.24, 2.45) is 0 Å². The summed E-state index contributed by atoms with van der Waals surface area (Å²) in [6.45, 7) is 5.97. The lowest BCUT2D eigenvalue weighted by molar-refractivity contribution is 0.0487. The Kier molecular flexibility index (Phi) is 7.06. The zero-order valence-corrected chi connectivity index (χ0v) is 20.7. The molecule has 0 aromatic heterocycles. The highest BCUT2D eigenvalue weighted by molar-refractivity contribution is 14.1. The molecule has 0 radical (unpaired) electrons. The van der Waals surface area contributed by atoms with Gasteiger partial charge in [0.2, 0.25) is 0 Å². The highest BCUT2D eigenvalue weighted by atomic mass is 127. The molecular weight excluding hydrogens is 545 g/mol. The zero-order valence-electron chi connectivity index (χ0n) is 18.5. The van der Waals surface area contributed by atoms with Crippen LogP contribution in [0.4, 0.5) is 5.69 Å². The highest BCUT2D eigenvalue weighted by Crippen LogP contribution is 2.37. The largest absolute Gasteiger partial charge is 0.507 e. The third-order valence-electron chi connectivity index (χ3n) is 5.44. The first-order valence-electron chi connectivity index (χ1n) is 10.8. The summed E-state index contributed by atoms with van der Waals surface area (Å²) < 4.78 is 6.47. The predicted octanol–water partition coefficient (Wildman–Crippen LogP) is 5.04. The first-order valence-corrected chi connectivity index (χ1v) is 11.9. The molecule has 1 atom stereocenters. The average Bonchev–Trinajstić information content (AvgIpc) is 2.83. The number of fused-ring (bicyclic) bond motifs is 1. The Morgan fingerprint density at radius 3 is 2.79 bits per heavy atom. The van der Waals surface area contributed by atoms with Gasteiger partial charge in [-0.1, -0.05) is 36.4 Å². The molecular formula is C26H24IN3O4. The number of hydrogen-bond acceptors (Lipinski definition) is 5. The van der Waals surface area contributed by atoms with Crippen LogP contribution >= 0.6 is 22.6 Å². The first-order chi connectivity index (χ1) is 16.4. The number of rotatable bonds is 7. The Bertz CT molecular complexity index is 1260. The van der Waals surface area contributed by atoms with E-state index in [0.717, 1.165) is 3.57 Å². The van der Waals surface area contributed by atoms with E-state index >= 15 is 0 Å². The molecule has 1 heterocycles. The molecule has 3 aromatic rings. The van der Waals surface area contributed by atoms with Crippen molar-refractivity contribution in [3.05, 3.63) is 99.1 Å². The molecule has 1 unspecified atom stereocenters. The number of aromatic hydroxyl groups is 1. The number of hydrazine groups is 1. The van der Waals surface area contributed by atoms with Crippen LogP contribution in [-0.2, 0) is 6.42 Å². The van der Waals surface area contributed by atoms with Crippen LogP contribution in [-0.4, -0.2) is 28.5 Å². The van der Waals surface area contributed by atoms with Crippen LogP contribution in [0.2, 0.25) is 0 Å². The van der Waals surface area contributed by atoms with Gasteiger partial charge in [-0.15, -0.1) is 6.58 Å². The summed E-state index contributed by atoms with van der Waals surface area (Å²) in [5, 5.41) is 15.5. The molecule has 8 heteroatoms. The Labute approximate surface area is 211 Å². The molecule has 0 spiro atoms. The minimum absolute atomic E-state index is 0.0376. The molecule has 2 amide bonds. The maximum absolute atomic E-state index is 13.6. The number of halogens is 1. The molecule has 4 rings (SSSR count). The third-order valence-corrected chi connectivity index (χ3v) is 6.12. The van der Waals surface area contributed by atoms with Gasteiger partial charge in [0, 0.05) is 14.8 Å². The fourth-order valence-electron chi connectivity index (χ4n) is 3.87. The zero-order chi connectivity index (χ0) is 24.2. The SMILES string of the molecule is C=CCc1cccc(C2Nc3ccc(I)cc3C(=O)N2NC(=O)c2ccccc2OCC)c1O. The van der Waals surface area contributed by atoms with E-state index < -0.39 is 18.0 Å². The van der Waals surface area contributed by atoms with E-state index in [1.807, 2.05) is 19.1 Å². The molecule has 3 N–H and O–H groups in total. The van der Waals surface area contributed by atoms with E-state index in [9.17, 15) is 14.7 Å². The van der Waals surface area contributed by atoms with Gasteiger partial charge in [-0.2, -0.15) is 0 Å². The van der Waals surface area contributed by atoms with Crippen LogP contribution in [0, 0.1) is 3.57 Å². The van der Waals surface area contributed by atoms with Gasteiger partial charge in [0.15, 0.2) is 6.17 Å². The Hall–Kier alpha value is -3.53. The lowest BCUT2D eigenvalue weighted by Gasteiger charge is -2.38. The second kappa shape index (κ2) is 10.2. The molecule has 0 bridgehead atoms. The fraction of sp³-hybridized carbons (Fsp3) is 0.154. The van der Waals surface area contributed by atoms with Crippen molar-refractivity contribution < 1.29 is 19.4 Å². The number of nitrogens with one attached hydrogen (secondary N) is 2. The molecule has 0 fully saturated rings. The quantitative estimate of drug-likeness (QED) is 0.274. The second-order valence-corrected chi connectivity index (χ2v) is 8.88. The van der Waals surface area contributed by atoms with Crippen molar-refractivity contribution in [2.45, 2.75) is 19.5 Å². The van der Waals surface area contributed by atoms with Crippen molar-refractivity contribution in [3.8, 4) is 11.5 Å². The molecule has 7 nitrogen and oxygen atoms in total. The summed E-state index contributed by atoms with van der Waals surface area (Å²) in [7, 11) is 0. The molecule has 1 aliphatic rings. The van der Waals surface area contributed by atoms with Crippen LogP contribution in [0.3, 0.4) is 0 Å². The number of amides is 2. The van der Waals surface area contributed by atoms with E-state index in [1.165, 1.54) is 5.01 Å². The van der Waals surface area contributed by atoms with Crippen molar-refractivity contribution in [3.63, 3.8) is 0 Å². The van der Waals surface area contributed by atoms with Gasteiger partial charge in [0.1, 0.15) is 11.5 Å². The fourth-order valence-corrected chi connectivity index (χ4v) is 4.36. The van der Waals surface area contributed by atoms with Crippen LogP contribution in [0.1, 0.15) is 44.9 Å². The van der Waals surface area contributed by atoms with Crippen LogP contribution in [0.15, 0.2) is 73.3 Å². The lowest BCUT2D eigenvalue weighted by Crippen LogP contribution is -2.53. The molecule has 34 heavy (non-hydrogen) atoms. The van der Waals surface area contributed by atoms with Crippen LogP contribution in [0.25, 0.3) is 0 Å². The molecule has 0 saturated heterocycles. The van der Waals surface area contributed by atoms with Crippen LogP contribution < -0.4 is 15.5 Å². The minimum Gasteiger partial charge on any atom is -0.507 e. The first kappa shape index (κ1) is 23.6. The number of anilines is 1. The molecule has 0 saturated carbocycles. The average molecular weight is 569 g/mol. The molecule has 3 aromatic carbocycles. The van der Waals surface area contributed by atoms with Gasteiger partial charge in [0.25, 0.3) is 11.8 Å². The van der Waals surface area contributed by atoms with E-state index in [-0.39, 0.29) is 5.75 Å². The summed E-state index contributed by atoms with van der Waals surface area (Å²) in [6.07, 6.45) is 1.32. The van der Waals surface area contributed by atoms with Crippen molar-refractivity contribution in [2.75, 3.05) is 11.9 Å². The van der Waals surface area contributed by atoms with E-state index in [2.05, 4.69) is 39.9 Å². The third kappa shape index (κ3) is 4.58. The van der Waals surface area contributed by atoms with Gasteiger partial charge < -0.3 is 15.2 Å². The maximum Gasteiger partial charge on any atom is 0.276 e. The molecule has 1 aliphatic heterocycles. The number of para-hydroxylation sites is 2. The number of phenolic OH excluding ortho intramolecular Hbond substituents is 1. The van der Waals surface area contributed by atoms with E-state index in [0.29, 0.717) is 46.7 Å². The number of carbonyl (C=O) groups is 2. The summed E-state index contributed by atoms with van der Waals surface area (Å²) in [5.41, 5.74) is 5.20. The number of benzene rings is 3. The van der Waals surface area contributed by atoms with Gasteiger partial charge in [-0.05, 0) is 71.8 Å². The van der Waals surface area contributed by atoms with Crippen molar-refractivity contribution >= 4 is 40.1 Å². The van der Waals surface area contributed by atoms with E-state index in [1.54, 1.807) is 54.6 Å². The topological polar surface area (TPSA) is 90.9 Å². The highest BCUT2D eigenvalue weighted by Gasteiger charge is 2.36. The number of ether oxygens (including phenoxy) is 1. The monoisotopic (exact) mass is 569 g/mol. The van der Waals surface area contributed by atoms with Crippen LogP contribution in [0.5, 0.6) is 11.5 Å². The summed E-state index contributed by atoms with van der Waals surface area (Å²) >= 11 is 2.14. The number of nitrogens with zero attached hydrogens (tertiary/aromatic N) is 1. The number of allylic oxidation sites excluding steroid dienone is 1. The summed E-state index contributed by atoms with van der Waals surface area (Å²) in [5.74, 6) is -0.439. The van der Waals surface area contributed by atoms with Gasteiger partial charge in [-0.25, -0.2) is 5.01 Å². The second-order valence-electron chi connectivity index (χ2n) is 7.63. The normalized spacial score (nSPS) is 14.7. The summed E-state index contributed by atoms with van der Waals surface area (Å²) in [4.78, 5) is 26.9. The lowest BCUT2D eigenvalue weighted by atomic mass is 10.0. The number of carbonyl (C=O) groups excluding carboxylic acids is 2. The van der Waals surface area contributed by atoms with Crippen molar-refractivity contribution in [1.82, 2.24) is 10.4 Å². The standard InChI is InChI=1S/C26H24IN3O4/c1-3-8-16-9-7-11-19(23(16)31)24-28-21-14-13-17(27)15-20(21)26(33)30(24)29-25(32)18-10-5-6-12-22(18)34-4-2/h3,5-7,9-15,24,28,31H,1,4,8H2,2H3,(H,29,32).